The summed E-state index contributed by atoms with van der Waals surface area (Å²) in [5.41, 5.74) is 1.88. The monoisotopic (exact) mass is 410 g/mol. The van der Waals surface area contributed by atoms with Crippen LogP contribution < -0.4 is 5.32 Å². The van der Waals surface area contributed by atoms with Gasteiger partial charge < -0.3 is 15.0 Å². The van der Waals surface area contributed by atoms with E-state index >= 15 is 0 Å². The van der Waals surface area contributed by atoms with Crippen LogP contribution >= 0.6 is 23.2 Å². The number of rotatable bonds is 4. The third-order valence-electron chi connectivity index (χ3n) is 4.13. The summed E-state index contributed by atoms with van der Waals surface area (Å²) in [5.74, 6) is -0.218. The molecule has 0 aliphatic carbocycles. The Balaban J connectivity index is 1.65. The molecule has 27 heavy (non-hydrogen) atoms. The van der Waals surface area contributed by atoms with Gasteiger partial charge in [0, 0.05) is 29.7 Å². The molecule has 0 unspecified atom stereocenters. The van der Waals surface area contributed by atoms with Gasteiger partial charge in [-0.3, -0.25) is 9.48 Å². The van der Waals surface area contributed by atoms with Crippen molar-refractivity contribution >= 4 is 35.2 Å². The van der Waals surface area contributed by atoms with E-state index in [1.807, 2.05) is 6.92 Å². The lowest BCUT2D eigenvalue weighted by Gasteiger charge is -2.19. The van der Waals surface area contributed by atoms with Gasteiger partial charge in [-0.25, -0.2) is 4.79 Å². The minimum atomic E-state index is -0.430. The Morgan fingerprint density at radius 1 is 1.19 bits per heavy atom. The maximum Gasteiger partial charge on any atom is 0.410 e. The van der Waals surface area contributed by atoms with E-state index in [0.29, 0.717) is 41.9 Å². The Labute approximate surface area is 167 Å². The molecular weight excluding hydrogens is 391 g/mol. The van der Waals surface area contributed by atoms with Crippen molar-refractivity contribution in [2.75, 3.05) is 13.1 Å². The summed E-state index contributed by atoms with van der Waals surface area (Å²) in [6, 6.07) is 6.75. The Morgan fingerprint density at radius 2 is 1.93 bits per heavy atom. The second-order valence-corrected chi connectivity index (χ2v) is 7.08. The molecule has 0 saturated carbocycles. The van der Waals surface area contributed by atoms with E-state index in [9.17, 15) is 9.59 Å². The number of amides is 2. The first-order valence-electron chi connectivity index (χ1n) is 8.68. The van der Waals surface area contributed by atoms with Crippen molar-refractivity contribution in [2.45, 2.75) is 33.0 Å². The van der Waals surface area contributed by atoms with E-state index in [2.05, 4.69) is 10.4 Å². The number of nitrogens with zero attached hydrogens (tertiary/aromatic N) is 3. The van der Waals surface area contributed by atoms with Crippen LogP contribution in [0.2, 0.25) is 10.0 Å². The number of hydrogen-bond acceptors (Lipinski definition) is 4. The van der Waals surface area contributed by atoms with Crippen molar-refractivity contribution < 1.29 is 14.3 Å². The van der Waals surface area contributed by atoms with Crippen LogP contribution in [0.5, 0.6) is 0 Å². The number of aromatic nitrogens is 2. The molecule has 0 fully saturated rings. The van der Waals surface area contributed by atoms with Gasteiger partial charge >= 0.3 is 6.09 Å². The molecule has 0 radical (unpaired) electrons. The van der Waals surface area contributed by atoms with E-state index in [-0.39, 0.29) is 12.5 Å². The van der Waals surface area contributed by atoms with Crippen molar-refractivity contribution in [1.82, 2.24) is 20.0 Å². The number of carbonyl (C=O) groups is 2. The van der Waals surface area contributed by atoms with Crippen molar-refractivity contribution in [3.05, 3.63) is 51.3 Å². The van der Waals surface area contributed by atoms with E-state index in [0.717, 1.165) is 17.7 Å². The van der Waals surface area contributed by atoms with Crippen LogP contribution in [0.15, 0.2) is 24.3 Å². The van der Waals surface area contributed by atoms with Crippen molar-refractivity contribution in [3.8, 4) is 0 Å². The molecule has 0 saturated heterocycles. The zero-order valence-electron chi connectivity index (χ0n) is 14.9. The van der Waals surface area contributed by atoms with Crippen LogP contribution in [0.25, 0.3) is 0 Å². The van der Waals surface area contributed by atoms with Gasteiger partial charge in [0.1, 0.15) is 6.61 Å². The Bertz CT molecular complexity index is 833. The van der Waals surface area contributed by atoms with E-state index in [1.54, 1.807) is 33.8 Å². The van der Waals surface area contributed by atoms with Gasteiger partial charge in [-0.05, 0) is 43.2 Å². The number of aryl methyl sites for hydroxylation is 1. The fraction of sp³-hybridized carbons (Fsp3) is 0.389. The summed E-state index contributed by atoms with van der Waals surface area (Å²) in [6.45, 7) is 3.99. The normalized spacial score (nSPS) is 13.7. The molecule has 1 aromatic carbocycles. The van der Waals surface area contributed by atoms with Crippen LogP contribution in [0, 0.1) is 0 Å². The lowest BCUT2D eigenvalue weighted by Crippen LogP contribution is -2.31. The highest BCUT2D eigenvalue weighted by atomic mass is 35.5. The average molecular weight is 411 g/mol. The van der Waals surface area contributed by atoms with Crippen molar-refractivity contribution in [3.63, 3.8) is 0 Å². The molecule has 144 valence electrons. The highest BCUT2D eigenvalue weighted by Crippen LogP contribution is 2.20. The molecule has 1 aliphatic heterocycles. The van der Waals surface area contributed by atoms with Gasteiger partial charge in [0.15, 0.2) is 5.69 Å². The molecule has 9 heteroatoms. The van der Waals surface area contributed by atoms with Gasteiger partial charge in [-0.2, -0.15) is 5.10 Å². The van der Waals surface area contributed by atoms with Crippen LogP contribution in [0.3, 0.4) is 0 Å². The zero-order valence-corrected chi connectivity index (χ0v) is 16.4. The summed E-state index contributed by atoms with van der Waals surface area (Å²) in [4.78, 5) is 26.0. The number of nitrogens with one attached hydrogen (secondary N) is 1. The minimum Gasteiger partial charge on any atom is -0.445 e. The molecular formula is C18H20Cl2N4O3. The Hall–Kier alpha value is -2.25. The number of hydrogen-bond donors (Lipinski definition) is 1. The van der Waals surface area contributed by atoms with Crippen LogP contribution in [0.4, 0.5) is 4.79 Å². The predicted molar refractivity (Wildman–Crippen MR) is 102 cm³/mol. The van der Waals surface area contributed by atoms with Crippen molar-refractivity contribution in [2.24, 2.45) is 0 Å². The van der Waals surface area contributed by atoms with Gasteiger partial charge in [0.05, 0.1) is 12.2 Å². The van der Waals surface area contributed by atoms with E-state index in [4.69, 9.17) is 27.9 Å². The lowest BCUT2D eigenvalue weighted by atomic mass is 10.2. The van der Waals surface area contributed by atoms with E-state index in [1.165, 1.54) is 0 Å². The summed E-state index contributed by atoms with van der Waals surface area (Å²) in [7, 11) is 0. The van der Waals surface area contributed by atoms with Crippen molar-refractivity contribution in [1.29, 1.82) is 0 Å². The number of fused-ring (bicyclic) bond motifs is 1. The Kier molecular flexibility index (Phi) is 6.23. The van der Waals surface area contributed by atoms with E-state index < -0.39 is 6.09 Å². The maximum atomic E-state index is 12.5. The summed E-state index contributed by atoms with van der Waals surface area (Å²) in [5, 5.41) is 8.04. The molecule has 2 heterocycles. The van der Waals surface area contributed by atoms with Gasteiger partial charge in [-0.1, -0.05) is 23.2 Å². The quantitative estimate of drug-likeness (QED) is 0.836. The lowest BCUT2D eigenvalue weighted by molar-refractivity contribution is 0.0941. The number of benzene rings is 1. The molecule has 1 aromatic heterocycles. The second-order valence-electron chi connectivity index (χ2n) is 6.21. The standard InChI is InChI=1S/C18H20Cl2N4O3/c1-2-21-17(25)16-9-15-10-23(4-3-5-24(15)22-16)18(26)27-11-12-6-13(19)8-14(20)7-12/h6-9H,2-5,10-11H2,1H3,(H,21,25). The average Bonchev–Trinajstić information content (AvgIpc) is 2.91. The van der Waals surface area contributed by atoms with Gasteiger partial charge in [-0.15, -0.1) is 0 Å². The summed E-state index contributed by atoms with van der Waals surface area (Å²) in [6.07, 6.45) is 0.294. The highest BCUT2D eigenvalue weighted by Gasteiger charge is 2.23. The minimum absolute atomic E-state index is 0.0824. The molecule has 1 aliphatic rings. The van der Waals surface area contributed by atoms with Crippen LogP contribution in [-0.2, 0) is 24.4 Å². The topological polar surface area (TPSA) is 76.5 Å². The third kappa shape index (κ3) is 4.93. The molecule has 0 atom stereocenters. The molecule has 2 aromatic rings. The fourth-order valence-corrected chi connectivity index (χ4v) is 3.48. The van der Waals surface area contributed by atoms with Gasteiger partial charge in [0.2, 0.25) is 0 Å². The molecule has 7 nitrogen and oxygen atoms in total. The van der Waals surface area contributed by atoms with Crippen LogP contribution in [-0.4, -0.2) is 39.8 Å². The third-order valence-corrected chi connectivity index (χ3v) is 4.56. The highest BCUT2D eigenvalue weighted by molar-refractivity contribution is 6.34. The van der Waals surface area contributed by atoms with Crippen LogP contribution in [0.1, 0.15) is 35.1 Å². The largest absolute Gasteiger partial charge is 0.445 e. The fourth-order valence-electron chi connectivity index (χ4n) is 2.91. The first-order valence-corrected chi connectivity index (χ1v) is 9.43. The first kappa shape index (κ1) is 19.5. The molecule has 1 N–H and O–H groups in total. The molecule has 2 amide bonds. The molecule has 0 spiro atoms. The molecule has 0 bridgehead atoms. The zero-order chi connectivity index (χ0) is 19.4. The second kappa shape index (κ2) is 8.63. The maximum absolute atomic E-state index is 12.5. The SMILES string of the molecule is CCNC(=O)c1cc2n(n1)CCCN(C(=O)OCc1cc(Cl)cc(Cl)c1)C2. The van der Waals surface area contributed by atoms with Gasteiger partial charge in [0.25, 0.3) is 5.91 Å². The summed E-state index contributed by atoms with van der Waals surface area (Å²) >= 11 is 11.9. The first-order chi connectivity index (χ1) is 13.0. The number of carbonyl (C=O) groups excluding carboxylic acids is 2. The summed E-state index contributed by atoms with van der Waals surface area (Å²) < 4.78 is 7.17. The predicted octanol–water partition coefficient (Wildman–Crippen LogP) is 3.48. The molecule has 3 rings (SSSR count). The number of ether oxygens (including phenoxy) is 1. The smallest absolute Gasteiger partial charge is 0.410 e. The number of halogens is 2. The Morgan fingerprint density at radius 3 is 2.63 bits per heavy atom.